The van der Waals surface area contributed by atoms with Gasteiger partial charge >= 0.3 is 27.3 Å². The van der Waals surface area contributed by atoms with Crippen LogP contribution in [0.1, 0.15) is 6.23 Å². The smallest absolute Gasteiger partial charge is 0.475 e. The van der Waals surface area contributed by atoms with Crippen molar-refractivity contribution in [3.05, 3.63) is 44.9 Å². The van der Waals surface area contributed by atoms with Crippen LogP contribution in [0.5, 0.6) is 0 Å². The van der Waals surface area contributed by atoms with E-state index >= 15 is 0 Å². The van der Waals surface area contributed by atoms with E-state index in [9.17, 15) is 53.7 Å². The Balaban J connectivity index is 1.62. The minimum Gasteiger partial charge on any atom is -0.475 e. The lowest BCUT2D eigenvalue weighted by atomic mass is 10.1. The Labute approximate surface area is 198 Å². The van der Waals surface area contributed by atoms with Crippen LogP contribution in [0.25, 0.3) is 0 Å². The summed E-state index contributed by atoms with van der Waals surface area (Å²) in [7, 11) is -11.2. The van der Waals surface area contributed by atoms with E-state index in [2.05, 4.69) is 18.1 Å². The van der Waals surface area contributed by atoms with Gasteiger partial charge in [-0.3, -0.25) is 18.9 Å². The highest BCUT2D eigenvalue weighted by Crippen LogP contribution is 2.61. The fourth-order valence-electron chi connectivity index (χ4n) is 3.05. The summed E-state index contributed by atoms with van der Waals surface area (Å²) in [4.78, 5) is 55.4. The van der Waals surface area contributed by atoms with Gasteiger partial charge < -0.3 is 44.8 Å². The standard InChI is InChI=1S/C15H20N2O17P2/c18-5-3-6(13(23)24)32-14(9(5)20)33-36(28,29)34-35(26,27)30-4-7-10(21)11(22)12(31-7)17-2-1-8(19)16-15(17)25/h1-3,5,7,9-12,14,18,20-22H,4H2,(H,23,24)(H,26,27)(H,28,29)(H,16,19,25)/t5-,7+,9+,10+,11+,12+,14+/m0/s1. The van der Waals surface area contributed by atoms with Crippen LogP contribution in [0, 0.1) is 0 Å². The molecule has 9 atom stereocenters. The molecule has 0 aliphatic carbocycles. The summed E-state index contributed by atoms with van der Waals surface area (Å²) in [5, 5.41) is 48.5. The second kappa shape index (κ2) is 10.6. The van der Waals surface area contributed by atoms with E-state index < -0.39 is 88.3 Å². The number of aromatic nitrogens is 2. The predicted molar refractivity (Wildman–Crippen MR) is 108 cm³/mol. The SMILES string of the molecule is O=C(O)C1=C[C@H](O)[C@@H](O)[C@@H](OP(=O)(O)OP(=O)(O)OC[C@H]2O[C@@H](n3ccc(=O)[nH]c3=O)[C@H](O)[C@@H]2O)O1. The van der Waals surface area contributed by atoms with Gasteiger partial charge in [0.15, 0.2) is 6.23 Å². The Hall–Kier alpha value is -2.25. The molecule has 2 aliphatic rings. The maximum absolute atomic E-state index is 12.1. The lowest BCUT2D eigenvalue weighted by Gasteiger charge is -2.31. The Morgan fingerprint density at radius 1 is 1.08 bits per heavy atom. The highest BCUT2D eigenvalue weighted by molar-refractivity contribution is 7.61. The topological polar surface area (TPSA) is 294 Å². The minimum absolute atomic E-state index is 0.561. The normalized spacial score (nSPS) is 33.7. The first-order chi connectivity index (χ1) is 16.6. The van der Waals surface area contributed by atoms with Crippen molar-refractivity contribution in [3.63, 3.8) is 0 Å². The summed E-state index contributed by atoms with van der Waals surface area (Å²) in [5.41, 5.74) is -1.76. The van der Waals surface area contributed by atoms with E-state index in [0.29, 0.717) is 10.6 Å². The molecule has 0 radical (unpaired) electrons. The molecule has 1 aromatic heterocycles. The maximum Gasteiger partial charge on any atom is 0.484 e. The number of aliphatic hydroxyl groups excluding tert-OH is 4. The Kier molecular flexibility index (Phi) is 8.36. The minimum atomic E-state index is -5.65. The number of aromatic amines is 1. The molecular formula is C15H20N2O17P2. The molecule has 0 bridgehead atoms. The highest BCUT2D eigenvalue weighted by Gasteiger charge is 2.47. The number of phosphoric ester groups is 2. The summed E-state index contributed by atoms with van der Waals surface area (Å²) in [6, 6.07) is 0.920. The summed E-state index contributed by atoms with van der Waals surface area (Å²) >= 11 is 0. The molecule has 36 heavy (non-hydrogen) atoms. The first kappa shape index (κ1) is 28.3. The highest BCUT2D eigenvalue weighted by atomic mass is 31.3. The van der Waals surface area contributed by atoms with Crippen molar-refractivity contribution in [2.24, 2.45) is 0 Å². The van der Waals surface area contributed by atoms with Gasteiger partial charge in [0.1, 0.15) is 30.5 Å². The predicted octanol–water partition coefficient (Wildman–Crippen LogP) is -3.55. The summed E-state index contributed by atoms with van der Waals surface area (Å²) < 4.78 is 47.6. The second-order valence-corrected chi connectivity index (χ2v) is 10.3. The van der Waals surface area contributed by atoms with Gasteiger partial charge in [0.25, 0.3) is 5.56 Å². The number of phosphoric acid groups is 2. The zero-order chi connectivity index (χ0) is 27.0. The lowest BCUT2D eigenvalue weighted by Crippen LogP contribution is -2.43. The zero-order valence-corrected chi connectivity index (χ0v) is 19.3. The average molecular weight is 562 g/mol. The molecule has 8 N–H and O–H groups in total. The van der Waals surface area contributed by atoms with Gasteiger partial charge in [-0.05, 0) is 6.08 Å². The van der Waals surface area contributed by atoms with Crippen LogP contribution >= 0.6 is 15.6 Å². The number of nitrogens with zero attached hydrogens (tertiary/aromatic N) is 1. The molecule has 2 unspecified atom stereocenters. The molecule has 3 heterocycles. The van der Waals surface area contributed by atoms with Crippen LogP contribution in [0.15, 0.2) is 33.7 Å². The van der Waals surface area contributed by atoms with Crippen molar-refractivity contribution in [2.45, 2.75) is 43.0 Å². The number of carboxylic acid groups (broad SMARTS) is 1. The zero-order valence-electron chi connectivity index (χ0n) is 17.5. The first-order valence-corrected chi connectivity index (χ1v) is 12.6. The number of carboxylic acids is 1. The number of hydrogen-bond donors (Lipinski definition) is 8. The Bertz CT molecular complexity index is 1230. The van der Waals surface area contributed by atoms with Gasteiger partial charge in [0, 0.05) is 12.3 Å². The molecule has 2 aliphatic heterocycles. The molecular weight excluding hydrogens is 542 g/mol. The third-order valence-electron chi connectivity index (χ3n) is 4.71. The second-order valence-electron chi connectivity index (χ2n) is 7.29. The number of hydrogen-bond acceptors (Lipinski definition) is 14. The van der Waals surface area contributed by atoms with Crippen molar-refractivity contribution in [1.29, 1.82) is 0 Å². The quantitative estimate of drug-likeness (QED) is 0.135. The Morgan fingerprint density at radius 3 is 2.36 bits per heavy atom. The summed E-state index contributed by atoms with van der Waals surface area (Å²) in [6.45, 7) is -1.05. The monoisotopic (exact) mass is 562 g/mol. The number of aliphatic hydroxyl groups is 4. The van der Waals surface area contributed by atoms with Crippen molar-refractivity contribution < 1.29 is 72.1 Å². The van der Waals surface area contributed by atoms with Gasteiger partial charge in [-0.25, -0.2) is 23.2 Å². The molecule has 1 fully saturated rings. The van der Waals surface area contributed by atoms with E-state index in [4.69, 9.17) is 9.84 Å². The lowest BCUT2D eigenvalue weighted by molar-refractivity contribution is -0.177. The fourth-order valence-corrected chi connectivity index (χ4v) is 5.20. The average Bonchev–Trinajstić information content (AvgIpc) is 3.03. The molecule has 0 spiro atoms. The molecule has 3 rings (SSSR count). The van der Waals surface area contributed by atoms with E-state index in [1.807, 2.05) is 4.98 Å². The van der Waals surface area contributed by atoms with Crippen LogP contribution in [0.4, 0.5) is 0 Å². The van der Waals surface area contributed by atoms with Crippen LogP contribution < -0.4 is 11.2 Å². The van der Waals surface area contributed by atoms with Gasteiger partial charge in [-0.15, -0.1) is 0 Å². The number of aliphatic carboxylic acids is 1. The maximum atomic E-state index is 12.1. The van der Waals surface area contributed by atoms with Gasteiger partial charge in [-0.1, -0.05) is 0 Å². The van der Waals surface area contributed by atoms with Gasteiger partial charge in [-0.2, -0.15) is 4.31 Å². The number of carbonyl (C=O) groups is 1. The van der Waals surface area contributed by atoms with Crippen molar-refractivity contribution >= 4 is 21.6 Å². The number of H-pyrrole nitrogens is 1. The third-order valence-corrected chi connectivity index (χ3v) is 7.31. The van der Waals surface area contributed by atoms with Crippen LogP contribution in [-0.2, 0) is 36.8 Å². The molecule has 0 aromatic carbocycles. The van der Waals surface area contributed by atoms with Crippen LogP contribution in [0.3, 0.4) is 0 Å². The van der Waals surface area contributed by atoms with Gasteiger partial charge in [0.05, 0.1) is 6.61 Å². The van der Waals surface area contributed by atoms with E-state index in [1.54, 1.807) is 0 Å². The van der Waals surface area contributed by atoms with Crippen molar-refractivity contribution in [2.75, 3.05) is 6.61 Å². The molecule has 1 aromatic rings. The van der Waals surface area contributed by atoms with Crippen LogP contribution in [0.2, 0.25) is 0 Å². The number of rotatable bonds is 9. The summed E-state index contributed by atoms with van der Waals surface area (Å²) in [6.07, 6.45) is -11.6. The molecule has 1 saturated heterocycles. The largest absolute Gasteiger partial charge is 0.484 e. The molecule has 0 amide bonds. The molecule has 0 saturated carbocycles. The van der Waals surface area contributed by atoms with Gasteiger partial charge in [0.2, 0.25) is 12.0 Å². The van der Waals surface area contributed by atoms with Crippen molar-refractivity contribution in [3.8, 4) is 0 Å². The molecule has 19 nitrogen and oxygen atoms in total. The Morgan fingerprint density at radius 2 is 1.75 bits per heavy atom. The fraction of sp³-hybridized carbons (Fsp3) is 0.533. The number of nitrogens with one attached hydrogen (secondary N) is 1. The first-order valence-electron chi connectivity index (χ1n) is 9.61. The van der Waals surface area contributed by atoms with Crippen molar-refractivity contribution in [1.82, 2.24) is 9.55 Å². The summed E-state index contributed by atoms with van der Waals surface area (Å²) in [5.74, 6) is -2.71. The number of ether oxygens (including phenoxy) is 2. The van der Waals surface area contributed by atoms with E-state index in [0.717, 1.165) is 12.3 Å². The van der Waals surface area contributed by atoms with E-state index in [-0.39, 0.29) is 0 Å². The van der Waals surface area contributed by atoms with Crippen LogP contribution in [-0.4, -0.2) is 94.3 Å². The molecule has 202 valence electrons. The third kappa shape index (κ3) is 6.54. The molecule has 21 heteroatoms. The van der Waals surface area contributed by atoms with E-state index in [1.165, 1.54) is 0 Å².